The lowest BCUT2D eigenvalue weighted by atomic mass is 9.98. The summed E-state index contributed by atoms with van der Waals surface area (Å²) < 4.78 is 6.11. The lowest BCUT2D eigenvalue weighted by molar-refractivity contribution is 0.158. The van der Waals surface area contributed by atoms with E-state index in [1.165, 1.54) is 54.6 Å². The Balaban J connectivity index is 1.54. The maximum atomic E-state index is 6.11. The third-order valence-electron chi connectivity index (χ3n) is 4.76. The Bertz CT molecular complexity index is 646. The van der Waals surface area contributed by atoms with E-state index in [1.54, 1.807) is 6.33 Å². The predicted octanol–water partition coefficient (Wildman–Crippen LogP) is 2.90. The van der Waals surface area contributed by atoms with Crippen LogP contribution in [-0.2, 0) is 12.8 Å². The number of thiophene rings is 1. The van der Waals surface area contributed by atoms with Crippen LogP contribution in [0.15, 0.2) is 6.33 Å². The molecule has 0 spiro atoms. The Morgan fingerprint density at radius 2 is 2.14 bits per heavy atom. The minimum absolute atomic E-state index is 0.665. The number of likely N-dealkylation sites (tertiary alicyclic amines) is 1. The van der Waals surface area contributed by atoms with Crippen LogP contribution in [0, 0.1) is 5.92 Å². The fourth-order valence-corrected chi connectivity index (χ4v) is 4.65. The summed E-state index contributed by atoms with van der Waals surface area (Å²) in [6, 6.07) is 0. The second kappa shape index (κ2) is 5.54. The minimum Gasteiger partial charge on any atom is -0.477 e. The molecule has 5 heteroatoms. The third kappa shape index (κ3) is 2.53. The van der Waals surface area contributed by atoms with Crippen LogP contribution in [0.25, 0.3) is 10.2 Å². The van der Waals surface area contributed by atoms with E-state index in [0.717, 1.165) is 23.7 Å². The first kappa shape index (κ1) is 13.5. The average molecular weight is 303 g/mol. The monoisotopic (exact) mass is 303 g/mol. The average Bonchev–Trinajstić information content (AvgIpc) is 3.07. The summed E-state index contributed by atoms with van der Waals surface area (Å²) in [5, 5.41) is 1.20. The van der Waals surface area contributed by atoms with Crippen LogP contribution in [0.2, 0.25) is 0 Å². The highest BCUT2D eigenvalue weighted by Gasteiger charge is 2.23. The maximum Gasteiger partial charge on any atom is 0.225 e. The van der Waals surface area contributed by atoms with Crippen LogP contribution in [-0.4, -0.2) is 41.6 Å². The molecule has 4 rings (SSSR count). The zero-order valence-corrected chi connectivity index (χ0v) is 13.3. The minimum atomic E-state index is 0.665. The SMILES string of the molecule is CN1CCC(COc2ncnc3sc4c(c23)CCC4)CC1. The Morgan fingerprint density at radius 1 is 1.29 bits per heavy atom. The Hall–Kier alpha value is -1.20. The lowest BCUT2D eigenvalue weighted by Crippen LogP contribution is -2.32. The molecule has 1 saturated heterocycles. The number of aryl methyl sites for hydroxylation is 2. The number of nitrogens with zero attached hydrogens (tertiary/aromatic N) is 3. The molecule has 2 aliphatic rings. The van der Waals surface area contributed by atoms with Gasteiger partial charge in [0.05, 0.1) is 12.0 Å². The van der Waals surface area contributed by atoms with Gasteiger partial charge in [-0.2, -0.15) is 0 Å². The Morgan fingerprint density at radius 3 is 3.00 bits per heavy atom. The predicted molar refractivity (Wildman–Crippen MR) is 85.2 cm³/mol. The number of rotatable bonds is 3. The molecule has 0 atom stereocenters. The van der Waals surface area contributed by atoms with Crippen LogP contribution in [0.3, 0.4) is 0 Å². The molecule has 0 saturated carbocycles. The largest absolute Gasteiger partial charge is 0.477 e. The summed E-state index contributed by atoms with van der Waals surface area (Å²) >= 11 is 1.82. The maximum absolute atomic E-state index is 6.11. The lowest BCUT2D eigenvalue weighted by Gasteiger charge is -2.28. The second-order valence-corrected chi connectivity index (χ2v) is 7.36. The van der Waals surface area contributed by atoms with Gasteiger partial charge in [0.1, 0.15) is 11.2 Å². The Kier molecular flexibility index (Phi) is 3.55. The highest BCUT2D eigenvalue weighted by atomic mass is 32.1. The van der Waals surface area contributed by atoms with Crippen LogP contribution in [0.1, 0.15) is 29.7 Å². The van der Waals surface area contributed by atoms with Gasteiger partial charge in [-0.1, -0.05) is 0 Å². The number of hydrogen-bond donors (Lipinski definition) is 0. The zero-order valence-electron chi connectivity index (χ0n) is 12.5. The molecular formula is C16H21N3OS. The highest BCUT2D eigenvalue weighted by Crippen LogP contribution is 2.40. The van der Waals surface area contributed by atoms with E-state index < -0.39 is 0 Å². The van der Waals surface area contributed by atoms with Crippen molar-refractivity contribution in [3.8, 4) is 5.88 Å². The van der Waals surface area contributed by atoms with Crippen molar-refractivity contribution in [2.75, 3.05) is 26.7 Å². The quantitative estimate of drug-likeness (QED) is 0.874. The van der Waals surface area contributed by atoms with Crippen molar-refractivity contribution in [2.45, 2.75) is 32.1 Å². The van der Waals surface area contributed by atoms with Gasteiger partial charge in [0.2, 0.25) is 5.88 Å². The molecule has 1 fully saturated rings. The van der Waals surface area contributed by atoms with Gasteiger partial charge in [-0.25, -0.2) is 9.97 Å². The topological polar surface area (TPSA) is 38.2 Å². The summed E-state index contributed by atoms with van der Waals surface area (Å²) in [5.41, 5.74) is 1.45. The summed E-state index contributed by atoms with van der Waals surface area (Å²) in [6.07, 6.45) is 7.73. The fourth-order valence-electron chi connectivity index (χ4n) is 3.43. The van der Waals surface area contributed by atoms with Gasteiger partial charge in [-0.05, 0) is 63.7 Å². The van der Waals surface area contributed by atoms with E-state index in [9.17, 15) is 0 Å². The molecule has 0 aromatic carbocycles. The normalized spacial score (nSPS) is 20.0. The molecule has 3 heterocycles. The van der Waals surface area contributed by atoms with Crippen LogP contribution in [0.4, 0.5) is 0 Å². The fraction of sp³-hybridized carbons (Fsp3) is 0.625. The van der Waals surface area contributed by atoms with E-state index in [-0.39, 0.29) is 0 Å². The van der Waals surface area contributed by atoms with Crippen molar-refractivity contribution >= 4 is 21.6 Å². The summed E-state index contributed by atoms with van der Waals surface area (Å²) in [6.45, 7) is 3.16. The van der Waals surface area contributed by atoms with Crippen LogP contribution < -0.4 is 4.74 Å². The van der Waals surface area contributed by atoms with Gasteiger partial charge in [-0.15, -0.1) is 11.3 Å². The molecule has 2 aromatic rings. The molecule has 1 aliphatic heterocycles. The first-order valence-corrected chi connectivity index (χ1v) is 8.69. The van der Waals surface area contributed by atoms with Crippen molar-refractivity contribution < 1.29 is 4.74 Å². The Labute approximate surface area is 129 Å². The standard InChI is InChI=1S/C16H21N3OS/c1-19-7-5-11(6-8-19)9-20-15-14-12-3-2-4-13(12)21-16(14)18-10-17-15/h10-11H,2-9H2,1H3. The first-order chi connectivity index (χ1) is 10.3. The number of ether oxygens (including phenoxy) is 1. The summed E-state index contributed by atoms with van der Waals surface area (Å²) in [5.74, 6) is 1.48. The molecule has 112 valence electrons. The van der Waals surface area contributed by atoms with E-state index in [2.05, 4.69) is 21.9 Å². The zero-order chi connectivity index (χ0) is 14.2. The van der Waals surface area contributed by atoms with Gasteiger partial charge >= 0.3 is 0 Å². The number of hydrogen-bond acceptors (Lipinski definition) is 5. The molecule has 1 aliphatic carbocycles. The molecule has 0 amide bonds. The van der Waals surface area contributed by atoms with E-state index >= 15 is 0 Å². The third-order valence-corrected chi connectivity index (χ3v) is 5.96. The van der Waals surface area contributed by atoms with Crippen molar-refractivity contribution in [2.24, 2.45) is 5.92 Å². The highest BCUT2D eigenvalue weighted by molar-refractivity contribution is 7.18. The molecule has 4 nitrogen and oxygen atoms in total. The van der Waals surface area contributed by atoms with Crippen LogP contribution in [0.5, 0.6) is 5.88 Å². The molecule has 2 aromatic heterocycles. The van der Waals surface area contributed by atoms with Gasteiger partial charge in [0, 0.05) is 4.88 Å². The van der Waals surface area contributed by atoms with Crippen molar-refractivity contribution in [3.05, 3.63) is 16.8 Å². The number of fused-ring (bicyclic) bond motifs is 3. The van der Waals surface area contributed by atoms with E-state index in [0.29, 0.717) is 5.92 Å². The van der Waals surface area contributed by atoms with Crippen molar-refractivity contribution in [1.29, 1.82) is 0 Å². The van der Waals surface area contributed by atoms with Crippen molar-refractivity contribution in [1.82, 2.24) is 14.9 Å². The first-order valence-electron chi connectivity index (χ1n) is 7.88. The smallest absolute Gasteiger partial charge is 0.225 e. The molecule has 0 radical (unpaired) electrons. The van der Waals surface area contributed by atoms with E-state index in [4.69, 9.17) is 4.74 Å². The molecule has 0 bridgehead atoms. The molecule has 21 heavy (non-hydrogen) atoms. The molecule has 0 unspecified atom stereocenters. The van der Waals surface area contributed by atoms with Crippen LogP contribution >= 0.6 is 11.3 Å². The second-order valence-electron chi connectivity index (χ2n) is 6.27. The van der Waals surface area contributed by atoms with E-state index in [1.807, 2.05) is 11.3 Å². The molecule has 0 N–H and O–H groups in total. The molecular weight excluding hydrogens is 282 g/mol. The van der Waals surface area contributed by atoms with Crippen molar-refractivity contribution in [3.63, 3.8) is 0 Å². The van der Waals surface area contributed by atoms with Gasteiger partial charge in [-0.3, -0.25) is 0 Å². The van der Waals surface area contributed by atoms with Gasteiger partial charge in [0.25, 0.3) is 0 Å². The number of aromatic nitrogens is 2. The summed E-state index contributed by atoms with van der Waals surface area (Å²) in [4.78, 5) is 13.8. The van der Waals surface area contributed by atoms with Gasteiger partial charge in [0.15, 0.2) is 0 Å². The number of piperidine rings is 1. The summed E-state index contributed by atoms with van der Waals surface area (Å²) in [7, 11) is 2.19. The van der Waals surface area contributed by atoms with Gasteiger partial charge < -0.3 is 9.64 Å².